The van der Waals surface area contributed by atoms with Crippen LogP contribution in [0, 0.1) is 17.5 Å². The van der Waals surface area contributed by atoms with E-state index in [0.29, 0.717) is 24.1 Å². The zero-order valence-corrected chi connectivity index (χ0v) is 11.6. The molecular weight excluding hydrogens is 306 g/mol. The Morgan fingerprint density at radius 1 is 0.864 bits per heavy atom. The van der Waals surface area contributed by atoms with Crippen LogP contribution >= 0.6 is 0 Å². The first-order valence-electron chi connectivity index (χ1n) is 6.59. The summed E-state index contributed by atoms with van der Waals surface area (Å²) >= 11 is 0. The smallest absolute Gasteiger partial charge is 0.206 e. The molecule has 0 fully saturated rings. The largest absolute Gasteiger partial charge is 0.422 e. The predicted molar refractivity (Wildman–Crippen MR) is 70.7 cm³/mol. The van der Waals surface area contributed by atoms with Crippen molar-refractivity contribution in [3.05, 3.63) is 58.9 Å². The summed E-state index contributed by atoms with van der Waals surface area (Å²) < 4.78 is 78.6. The van der Waals surface area contributed by atoms with Crippen LogP contribution in [0.5, 0.6) is 0 Å². The Morgan fingerprint density at radius 2 is 1.45 bits per heavy atom. The van der Waals surface area contributed by atoms with Gasteiger partial charge in [0.2, 0.25) is 0 Å². The second-order valence-electron chi connectivity index (χ2n) is 4.88. The molecule has 118 valence electrons. The molecule has 0 aliphatic rings. The van der Waals surface area contributed by atoms with Gasteiger partial charge in [-0.25, -0.2) is 13.2 Å². The van der Waals surface area contributed by atoms with E-state index in [2.05, 4.69) is 0 Å². The van der Waals surface area contributed by atoms with Crippen molar-refractivity contribution in [2.24, 2.45) is 0 Å². The van der Waals surface area contributed by atoms with Gasteiger partial charge >= 0.3 is 6.18 Å². The van der Waals surface area contributed by atoms with E-state index in [1.807, 2.05) is 6.92 Å². The third kappa shape index (κ3) is 3.26. The van der Waals surface area contributed by atoms with E-state index in [-0.39, 0.29) is 11.1 Å². The summed E-state index contributed by atoms with van der Waals surface area (Å²) in [6.07, 6.45) is -3.72. The highest BCUT2D eigenvalue weighted by molar-refractivity contribution is 5.65. The van der Waals surface area contributed by atoms with Crippen molar-refractivity contribution in [1.82, 2.24) is 0 Å². The molecule has 0 radical (unpaired) electrons. The van der Waals surface area contributed by atoms with Crippen molar-refractivity contribution in [3.63, 3.8) is 0 Å². The molecule has 0 saturated carbocycles. The summed E-state index contributed by atoms with van der Waals surface area (Å²) in [7, 11) is 0. The molecule has 2 rings (SSSR count). The summed E-state index contributed by atoms with van der Waals surface area (Å²) in [4.78, 5) is 0. The fraction of sp³-hybridized carbons (Fsp3) is 0.250. The van der Waals surface area contributed by atoms with Crippen LogP contribution in [-0.4, -0.2) is 0 Å². The number of benzene rings is 2. The SMILES string of the molecule is CCCc1ccc(-c2cc(F)c(C(F)(F)F)c(F)c2)c(F)c1. The minimum absolute atomic E-state index is 0.147. The Kier molecular flexibility index (Phi) is 4.49. The predicted octanol–water partition coefficient (Wildman–Crippen LogP) is 5.74. The normalized spacial score (nSPS) is 11.8. The van der Waals surface area contributed by atoms with Crippen molar-refractivity contribution in [2.45, 2.75) is 25.9 Å². The molecule has 2 aromatic carbocycles. The molecule has 0 aliphatic heterocycles. The van der Waals surface area contributed by atoms with Crippen molar-refractivity contribution in [2.75, 3.05) is 0 Å². The van der Waals surface area contributed by atoms with Gasteiger partial charge in [0, 0.05) is 5.56 Å². The number of aryl methyl sites for hydroxylation is 1. The Bertz CT molecular complexity index is 665. The van der Waals surface area contributed by atoms with Crippen molar-refractivity contribution >= 4 is 0 Å². The zero-order valence-electron chi connectivity index (χ0n) is 11.6. The molecule has 0 atom stereocenters. The van der Waals surface area contributed by atoms with Crippen molar-refractivity contribution < 1.29 is 26.3 Å². The summed E-state index contributed by atoms with van der Waals surface area (Å²) in [6.45, 7) is 1.91. The molecular formula is C16H12F6. The van der Waals surface area contributed by atoms with Crippen LogP contribution in [0.4, 0.5) is 26.3 Å². The van der Waals surface area contributed by atoms with Crippen LogP contribution in [-0.2, 0) is 12.6 Å². The van der Waals surface area contributed by atoms with Gasteiger partial charge in [-0.1, -0.05) is 25.5 Å². The number of alkyl halides is 3. The van der Waals surface area contributed by atoms with Gasteiger partial charge in [0.05, 0.1) is 0 Å². The van der Waals surface area contributed by atoms with Crippen molar-refractivity contribution in [3.8, 4) is 11.1 Å². The number of hydrogen-bond acceptors (Lipinski definition) is 0. The molecule has 22 heavy (non-hydrogen) atoms. The molecule has 0 aromatic heterocycles. The molecule has 0 unspecified atom stereocenters. The molecule has 0 saturated heterocycles. The highest BCUT2D eigenvalue weighted by atomic mass is 19.4. The summed E-state index contributed by atoms with van der Waals surface area (Å²) in [5.41, 5.74) is -1.69. The van der Waals surface area contributed by atoms with Gasteiger partial charge in [0.15, 0.2) is 0 Å². The van der Waals surface area contributed by atoms with E-state index in [9.17, 15) is 26.3 Å². The fourth-order valence-electron chi connectivity index (χ4n) is 2.24. The monoisotopic (exact) mass is 318 g/mol. The highest BCUT2D eigenvalue weighted by Crippen LogP contribution is 2.36. The van der Waals surface area contributed by atoms with Crippen LogP contribution in [0.15, 0.2) is 30.3 Å². The average Bonchev–Trinajstić information content (AvgIpc) is 2.36. The maximum absolute atomic E-state index is 14.0. The molecule has 0 nitrogen and oxygen atoms in total. The summed E-state index contributed by atoms with van der Waals surface area (Å²) in [6, 6.07) is 5.08. The third-order valence-electron chi connectivity index (χ3n) is 3.21. The van der Waals surface area contributed by atoms with Gasteiger partial charge in [-0.15, -0.1) is 0 Å². The minimum Gasteiger partial charge on any atom is -0.206 e. The van der Waals surface area contributed by atoms with Crippen LogP contribution in [0.1, 0.15) is 24.5 Å². The standard InChI is InChI=1S/C16H12F6/c1-2-3-9-4-5-11(12(17)6-9)10-7-13(18)15(14(19)8-10)16(20,21)22/h4-8H,2-3H2,1H3. The highest BCUT2D eigenvalue weighted by Gasteiger charge is 2.38. The molecule has 6 heteroatoms. The molecule has 0 N–H and O–H groups in total. The minimum atomic E-state index is -5.14. The lowest BCUT2D eigenvalue weighted by atomic mass is 9.99. The van der Waals surface area contributed by atoms with Gasteiger partial charge in [0.1, 0.15) is 23.0 Å². The lowest BCUT2D eigenvalue weighted by molar-refractivity contribution is -0.142. The van der Waals surface area contributed by atoms with E-state index in [1.165, 1.54) is 12.1 Å². The molecule has 0 aliphatic carbocycles. The quantitative estimate of drug-likeness (QED) is 0.633. The molecule has 2 aromatic rings. The molecule has 0 bridgehead atoms. The first kappa shape index (κ1) is 16.4. The van der Waals surface area contributed by atoms with Gasteiger partial charge in [-0.2, -0.15) is 13.2 Å². The van der Waals surface area contributed by atoms with Gasteiger partial charge in [-0.3, -0.25) is 0 Å². The average molecular weight is 318 g/mol. The van der Waals surface area contributed by atoms with Gasteiger partial charge < -0.3 is 0 Å². The maximum Gasteiger partial charge on any atom is 0.422 e. The maximum atomic E-state index is 14.0. The third-order valence-corrected chi connectivity index (χ3v) is 3.21. The van der Waals surface area contributed by atoms with Crippen molar-refractivity contribution in [1.29, 1.82) is 0 Å². The molecule has 0 spiro atoms. The van der Waals surface area contributed by atoms with E-state index >= 15 is 0 Å². The zero-order chi connectivity index (χ0) is 16.5. The molecule has 0 amide bonds. The first-order valence-corrected chi connectivity index (χ1v) is 6.59. The van der Waals surface area contributed by atoms with Crippen LogP contribution in [0.3, 0.4) is 0 Å². The topological polar surface area (TPSA) is 0 Å². The number of hydrogen-bond donors (Lipinski definition) is 0. The lowest BCUT2D eigenvalue weighted by Crippen LogP contribution is -2.11. The summed E-state index contributed by atoms with van der Waals surface area (Å²) in [5.74, 6) is -4.26. The summed E-state index contributed by atoms with van der Waals surface area (Å²) in [5, 5.41) is 0. The van der Waals surface area contributed by atoms with Crippen LogP contribution < -0.4 is 0 Å². The van der Waals surface area contributed by atoms with Gasteiger partial charge in [0.25, 0.3) is 0 Å². The fourth-order valence-corrected chi connectivity index (χ4v) is 2.24. The van der Waals surface area contributed by atoms with E-state index in [1.54, 1.807) is 6.07 Å². The van der Waals surface area contributed by atoms with E-state index in [0.717, 1.165) is 6.42 Å². The second kappa shape index (κ2) is 6.02. The molecule has 0 heterocycles. The van der Waals surface area contributed by atoms with Gasteiger partial charge in [-0.05, 0) is 35.7 Å². The number of halogens is 6. The second-order valence-corrected chi connectivity index (χ2v) is 4.88. The Morgan fingerprint density at radius 3 is 1.91 bits per heavy atom. The van der Waals surface area contributed by atoms with Crippen LogP contribution in [0.2, 0.25) is 0 Å². The number of rotatable bonds is 3. The van der Waals surface area contributed by atoms with E-state index in [4.69, 9.17) is 0 Å². The Balaban J connectivity index is 2.51. The lowest BCUT2D eigenvalue weighted by Gasteiger charge is -2.12. The Labute approximate surface area is 123 Å². The first-order chi connectivity index (χ1) is 10.2. The van der Waals surface area contributed by atoms with E-state index < -0.39 is 29.2 Å². The van der Waals surface area contributed by atoms with Crippen LogP contribution in [0.25, 0.3) is 11.1 Å². The Hall–Kier alpha value is -1.98.